The van der Waals surface area contributed by atoms with E-state index in [1.54, 1.807) is 0 Å². The van der Waals surface area contributed by atoms with Gasteiger partial charge < -0.3 is 20.3 Å². The van der Waals surface area contributed by atoms with Crippen LogP contribution in [-0.4, -0.2) is 50.3 Å². The number of rotatable bonds is 4. The van der Waals surface area contributed by atoms with Crippen molar-refractivity contribution in [2.24, 2.45) is 5.92 Å². The second kappa shape index (κ2) is 8.16. The van der Waals surface area contributed by atoms with E-state index in [2.05, 4.69) is 44.8 Å². The van der Waals surface area contributed by atoms with E-state index in [1.807, 2.05) is 5.38 Å². The molecule has 3 heterocycles. The summed E-state index contributed by atoms with van der Waals surface area (Å²) >= 11 is 1.48. The largest absolute Gasteiger partial charge is 0.378 e. The summed E-state index contributed by atoms with van der Waals surface area (Å²) in [5, 5.41) is 8.95. The van der Waals surface area contributed by atoms with Crippen LogP contribution >= 0.6 is 11.3 Å². The number of morpholine rings is 1. The van der Waals surface area contributed by atoms with E-state index in [9.17, 15) is 4.79 Å². The third kappa shape index (κ3) is 4.06. The Kier molecular flexibility index (Phi) is 5.48. The Morgan fingerprint density at radius 1 is 1.19 bits per heavy atom. The highest BCUT2D eigenvalue weighted by Crippen LogP contribution is 2.28. The number of amides is 1. The molecule has 2 aliphatic heterocycles. The standard InChI is InChI=1S/C19H24N4O2S/c24-18(15-5-7-20-8-6-15)22-19-21-17(13-26-19)14-1-3-16(4-2-14)23-9-11-25-12-10-23/h1-4,13,15,20H,5-12H2,(H,21,22,24). The quantitative estimate of drug-likeness (QED) is 0.864. The van der Waals surface area contributed by atoms with E-state index < -0.39 is 0 Å². The first-order valence-electron chi connectivity index (χ1n) is 9.20. The van der Waals surface area contributed by atoms with Crippen LogP contribution < -0.4 is 15.5 Å². The van der Waals surface area contributed by atoms with Gasteiger partial charge in [0.25, 0.3) is 0 Å². The molecule has 1 aromatic heterocycles. The molecule has 0 aliphatic carbocycles. The van der Waals surface area contributed by atoms with Crippen molar-refractivity contribution in [3.8, 4) is 11.3 Å². The van der Waals surface area contributed by atoms with Crippen LogP contribution in [0, 0.1) is 5.92 Å². The Morgan fingerprint density at radius 2 is 1.92 bits per heavy atom. The van der Waals surface area contributed by atoms with E-state index in [1.165, 1.54) is 17.0 Å². The number of hydrogen-bond acceptors (Lipinski definition) is 6. The van der Waals surface area contributed by atoms with Crippen molar-refractivity contribution < 1.29 is 9.53 Å². The van der Waals surface area contributed by atoms with Crippen molar-refractivity contribution in [2.75, 3.05) is 49.6 Å². The molecule has 138 valence electrons. The van der Waals surface area contributed by atoms with Gasteiger partial charge >= 0.3 is 0 Å². The lowest BCUT2D eigenvalue weighted by atomic mass is 9.97. The second-order valence-electron chi connectivity index (χ2n) is 6.70. The molecule has 2 aromatic rings. The number of anilines is 2. The van der Waals surface area contributed by atoms with Crippen molar-refractivity contribution in [1.29, 1.82) is 0 Å². The maximum atomic E-state index is 12.3. The lowest BCUT2D eigenvalue weighted by Crippen LogP contribution is -2.36. The normalized spacial score (nSPS) is 18.7. The molecule has 2 saturated heterocycles. The first kappa shape index (κ1) is 17.5. The predicted octanol–water partition coefficient (Wildman–Crippen LogP) is 2.58. The summed E-state index contributed by atoms with van der Waals surface area (Å²) in [4.78, 5) is 19.3. The van der Waals surface area contributed by atoms with Gasteiger partial charge in [0, 0.05) is 35.6 Å². The van der Waals surface area contributed by atoms with Gasteiger partial charge in [0.2, 0.25) is 5.91 Å². The Labute approximate surface area is 157 Å². The zero-order valence-electron chi connectivity index (χ0n) is 14.7. The number of aromatic nitrogens is 1. The van der Waals surface area contributed by atoms with Crippen LogP contribution in [-0.2, 0) is 9.53 Å². The number of carbonyl (C=O) groups excluding carboxylic acids is 1. The van der Waals surface area contributed by atoms with Crippen LogP contribution in [0.1, 0.15) is 12.8 Å². The second-order valence-corrected chi connectivity index (χ2v) is 7.56. The van der Waals surface area contributed by atoms with Gasteiger partial charge in [0.15, 0.2) is 5.13 Å². The number of carbonyl (C=O) groups is 1. The van der Waals surface area contributed by atoms with Gasteiger partial charge in [-0.3, -0.25) is 4.79 Å². The van der Waals surface area contributed by atoms with Crippen molar-refractivity contribution in [3.05, 3.63) is 29.6 Å². The highest BCUT2D eigenvalue weighted by molar-refractivity contribution is 7.14. The number of nitrogens with zero attached hydrogens (tertiary/aromatic N) is 2. The molecule has 0 radical (unpaired) electrons. The molecule has 1 aromatic carbocycles. The molecule has 6 nitrogen and oxygen atoms in total. The summed E-state index contributed by atoms with van der Waals surface area (Å²) in [5.41, 5.74) is 3.19. The summed E-state index contributed by atoms with van der Waals surface area (Å²) < 4.78 is 5.40. The van der Waals surface area contributed by atoms with Crippen molar-refractivity contribution in [3.63, 3.8) is 0 Å². The highest BCUT2D eigenvalue weighted by atomic mass is 32.1. The average molecular weight is 372 g/mol. The van der Waals surface area contributed by atoms with E-state index >= 15 is 0 Å². The Morgan fingerprint density at radius 3 is 2.65 bits per heavy atom. The number of benzene rings is 1. The molecule has 2 aliphatic rings. The van der Waals surface area contributed by atoms with Gasteiger partial charge in [-0.1, -0.05) is 12.1 Å². The number of nitrogens with one attached hydrogen (secondary N) is 2. The van der Waals surface area contributed by atoms with E-state index in [-0.39, 0.29) is 11.8 Å². The molecule has 7 heteroatoms. The Balaban J connectivity index is 1.40. The van der Waals surface area contributed by atoms with Crippen LogP contribution in [0.4, 0.5) is 10.8 Å². The summed E-state index contributed by atoms with van der Waals surface area (Å²) in [6.45, 7) is 5.27. The van der Waals surface area contributed by atoms with E-state index in [4.69, 9.17) is 4.74 Å². The maximum Gasteiger partial charge on any atom is 0.229 e. The molecule has 0 bridgehead atoms. The number of ether oxygens (including phenoxy) is 1. The lowest BCUT2D eigenvalue weighted by molar-refractivity contribution is -0.120. The molecule has 26 heavy (non-hydrogen) atoms. The monoisotopic (exact) mass is 372 g/mol. The van der Waals surface area contributed by atoms with Gasteiger partial charge in [-0.2, -0.15) is 0 Å². The SMILES string of the molecule is O=C(Nc1nc(-c2ccc(N3CCOCC3)cc2)cs1)C1CCNCC1. The minimum atomic E-state index is 0.0927. The molecule has 2 fully saturated rings. The van der Waals surface area contributed by atoms with Gasteiger partial charge in [-0.15, -0.1) is 11.3 Å². The topological polar surface area (TPSA) is 66.5 Å². The molecular weight excluding hydrogens is 348 g/mol. The summed E-state index contributed by atoms with van der Waals surface area (Å²) in [7, 11) is 0. The Bertz CT molecular complexity index is 734. The van der Waals surface area contributed by atoms with Crippen LogP contribution in [0.25, 0.3) is 11.3 Å². The van der Waals surface area contributed by atoms with Gasteiger partial charge in [0.05, 0.1) is 18.9 Å². The van der Waals surface area contributed by atoms with Crippen LogP contribution in [0.15, 0.2) is 29.6 Å². The fourth-order valence-corrected chi connectivity index (χ4v) is 4.14. The third-order valence-corrected chi connectivity index (χ3v) is 5.74. The van der Waals surface area contributed by atoms with Crippen LogP contribution in [0.2, 0.25) is 0 Å². The van der Waals surface area contributed by atoms with Crippen LogP contribution in [0.5, 0.6) is 0 Å². The fraction of sp³-hybridized carbons (Fsp3) is 0.474. The maximum absolute atomic E-state index is 12.3. The molecule has 4 rings (SSSR count). The van der Waals surface area contributed by atoms with Crippen molar-refractivity contribution in [2.45, 2.75) is 12.8 Å². The Hall–Kier alpha value is -1.96. The molecule has 0 saturated carbocycles. The summed E-state index contributed by atoms with van der Waals surface area (Å²) in [5.74, 6) is 0.187. The number of piperidine rings is 1. The van der Waals surface area contributed by atoms with Gasteiger partial charge in [0.1, 0.15) is 0 Å². The third-order valence-electron chi connectivity index (χ3n) is 4.98. The van der Waals surface area contributed by atoms with Crippen molar-refractivity contribution in [1.82, 2.24) is 10.3 Å². The number of hydrogen-bond donors (Lipinski definition) is 2. The smallest absolute Gasteiger partial charge is 0.229 e. The van der Waals surface area contributed by atoms with Gasteiger partial charge in [-0.25, -0.2) is 4.98 Å². The molecule has 0 spiro atoms. The highest BCUT2D eigenvalue weighted by Gasteiger charge is 2.21. The first-order valence-corrected chi connectivity index (χ1v) is 10.1. The summed E-state index contributed by atoms with van der Waals surface area (Å²) in [6.07, 6.45) is 1.79. The lowest BCUT2D eigenvalue weighted by Gasteiger charge is -2.28. The molecule has 0 atom stereocenters. The molecule has 1 amide bonds. The van der Waals surface area contributed by atoms with Gasteiger partial charge in [-0.05, 0) is 38.1 Å². The molecular formula is C19H24N4O2S. The molecule has 0 unspecified atom stereocenters. The molecule has 2 N–H and O–H groups in total. The van der Waals surface area contributed by atoms with Crippen molar-refractivity contribution >= 4 is 28.1 Å². The van der Waals surface area contributed by atoms with E-state index in [0.717, 1.165) is 63.5 Å². The fourth-order valence-electron chi connectivity index (χ4n) is 3.42. The van der Waals surface area contributed by atoms with E-state index in [0.29, 0.717) is 5.13 Å². The summed E-state index contributed by atoms with van der Waals surface area (Å²) in [6, 6.07) is 8.46. The van der Waals surface area contributed by atoms with Crippen LogP contribution in [0.3, 0.4) is 0 Å². The first-order chi connectivity index (χ1) is 12.8. The average Bonchev–Trinajstić information content (AvgIpc) is 3.18. The predicted molar refractivity (Wildman–Crippen MR) is 105 cm³/mol. The number of thiazole rings is 1. The minimum absolute atomic E-state index is 0.0927. The zero-order valence-corrected chi connectivity index (χ0v) is 15.6. The minimum Gasteiger partial charge on any atom is -0.378 e. The zero-order chi connectivity index (χ0) is 17.8.